The van der Waals surface area contributed by atoms with Crippen LogP contribution in [0.5, 0.6) is 0 Å². The highest BCUT2D eigenvalue weighted by Gasteiger charge is 2.00. The molecule has 2 rings (SSSR count). The van der Waals surface area contributed by atoms with Crippen molar-refractivity contribution in [1.82, 2.24) is 15.1 Å². The molecule has 2 aromatic rings. The van der Waals surface area contributed by atoms with E-state index in [9.17, 15) is 4.79 Å². The van der Waals surface area contributed by atoms with E-state index in [1.54, 1.807) is 0 Å². The fourth-order valence-electron chi connectivity index (χ4n) is 1.55. The molecule has 0 unspecified atom stereocenters. The number of hydrogen-bond acceptors (Lipinski definition) is 2. The quantitative estimate of drug-likeness (QED) is 0.797. The van der Waals surface area contributed by atoms with E-state index in [0.29, 0.717) is 6.54 Å². The second-order valence-electron chi connectivity index (χ2n) is 3.57. The lowest BCUT2D eigenvalue weighted by atomic mass is 10.1. The lowest BCUT2D eigenvalue weighted by Crippen LogP contribution is -2.18. The van der Waals surface area contributed by atoms with Gasteiger partial charge in [0.15, 0.2) is 0 Å². The zero-order valence-electron chi connectivity index (χ0n) is 8.82. The van der Waals surface area contributed by atoms with Crippen molar-refractivity contribution in [3.05, 3.63) is 30.0 Å². The van der Waals surface area contributed by atoms with Crippen LogP contribution in [0.1, 0.15) is 12.5 Å². The SMILES string of the molecule is CC(=O)NCc1ccc2c(cnn2C)c1. The molecule has 4 nitrogen and oxygen atoms in total. The Hall–Kier alpha value is -1.84. The molecule has 0 atom stereocenters. The van der Waals surface area contributed by atoms with Gasteiger partial charge in [0.25, 0.3) is 0 Å². The van der Waals surface area contributed by atoms with Crippen molar-refractivity contribution in [2.45, 2.75) is 13.5 Å². The van der Waals surface area contributed by atoms with E-state index in [2.05, 4.69) is 10.4 Å². The van der Waals surface area contributed by atoms with Crippen LogP contribution in [0.2, 0.25) is 0 Å². The first-order valence-electron chi connectivity index (χ1n) is 4.82. The summed E-state index contributed by atoms with van der Waals surface area (Å²) in [5.74, 6) is -0.0127. The molecule has 0 bridgehead atoms. The number of aryl methyl sites for hydroxylation is 1. The highest BCUT2D eigenvalue weighted by atomic mass is 16.1. The Balaban J connectivity index is 2.27. The van der Waals surface area contributed by atoms with Gasteiger partial charge >= 0.3 is 0 Å². The van der Waals surface area contributed by atoms with Crippen LogP contribution in [0, 0.1) is 0 Å². The Kier molecular flexibility index (Phi) is 2.41. The molecule has 0 aliphatic carbocycles. The third kappa shape index (κ3) is 1.98. The lowest BCUT2D eigenvalue weighted by molar-refractivity contribution is -0.119. The largest absolute Gasteiger partial charge is 0.352 e. The zero-order valence-corrected chi connectivity index (χ0v) is 8.82. The molecule has 1 aromatic carbocycles. The average molecular weight is 203 g/mol. The molecule has 0 spiro atoms. The van der Waals surface area contributed by atoms with Gasteiger partial charge in [-0.3, -0.25) is 9.48 Å². The van der Waals surface area contributed by atoms with Gasteiger partial charge in [0, 0.05) is 25.9 Å². The van der Waals surface area contributed by atoms with Crippen LogP contribution < -0.4 is 5.32 Å². The molecule has 15 heavy (non-hydrogen) atoms. The van der Waals surface area contributed by atoms with Crippen molar-refractivity contribution >= 4 is 16.8 Å². The van der Waals surface area contributed by atoms with Crippen LogP contribution in [0.4, 0.5) is 0 Å². The first-order chi connectivity index (χ1) is 7.16. The summed E-state index contributed by atoms with van der Waals surface area (Å²) in [6, 6.07) is 6.05. The van der Waals surface area contributed by atoms with E-state index < -0.39 is 0 Å². The molecule has 0 saturated heterocycles. The summed E-state index contributed by atoms with van der Waals surface area (Å²) < 4.78 is 1.83. The van der Waals surface area contributed by atoms with Crippen LogP contribution in [0.3, 0.4) is 0 Å². The topological polar surface area (TPSA) is 46.9 Å². The van der Waals surface area contributed by atoms with E-state index >= 15 is 0 Å². The Labute approximate surface area is 87.9 Å². The summed E-state index contributed by atoms with van der Waals surface area (Å²) in [5.41, 5.74) is 2.19. The van der Waals surface area contributed by atoms with E-state index in [-0.39, 0.29) is 5.91 Å². The number of aromatic nitrogens is 2. The molecular formula is C11H13N3O. The number of nitrogens with one attached hydrogen (secondary N) is 1. The number of benzene rings is 1. The van der Waals surface area contributed by atoms with Crippen LogP contribution in [-0.2, 0) is 18.4 Å². The average Bonchev–Trinajstić information content (AvgIpc) is 2.57. The van der Waals surface area contributed by atoms with Crippen LogP contribution in [0.25, 0.3) is 10.9 Å². The summed E-state index contributed by atoms with van der Waals surface area (Å²) in [6.45, 7) is 2.09. The zero-order chi connectivity index (χ0) is 10.8. The second kappa shape index (κ2) is 3.73. The number of hydrogen-bond donors (Lipinski definition) is 1. The number of nitrogens with zero attached hydrogens (tertiary/aromatic N) is 2. The maximum Gasteiger partial charge on any atom is 0.217 e. The fraction of sp³-hybridized carbons (Fsp3) is 0.273. The van der Waals surface area contributed by atoms with Gasteiger partial charge in [-0.05, 0) is 17.7 Å². The molecule has 1 heterocycles. The molecule has 78 valence electrons. The minimum atomic E-state index is -0.0127. The first kappa shape index (κ1) is 9.71. The van der Waals surface area contributed by atoms with Crippen molar-refractivity contribution in [2.75, 3.05) is 0 Å². The van der Waals surface area contributed by atoms with Crippen LogP contribution in [-0.4, -0.2) is 15.7 Å². The maximum absolute atomic E-state index is 10.8. The van der Waals surface area contributed by atoms with Crippen molar-refractivity contribution in [1.29, 1.82) is 0 Å². The molecule has 0 saturated carbocycles. The van der Waals surface area contributed by atoms with E-state index in [1.165, 1.54) is 6.92 Å². The van der Waals surface area contributed by atoms with Gasteiger partial charge in [-0.15, -0.1) is 0 Å². The standard InChI is InChI=1S/C11H13N3O/c1-8(15)12-6-9-3-4-11-10(5-9)7-13-14(11)2/h3-5,7H,6H2,1-2H3,(H,12,15). The third-order valence-electron chi connectivity index (χ3n) is 2.35. The normalized spacial score (nSPS) is 10.5. The monoisotopic (exact) mass is 203 g/mol. The van der Waals surface area contributed by atoms with E-state index in [1.807, 2.05) is 36.1 Å². The summed E-state index contributed by atoms with van der Waals surface area (Å²) in [4.78, 5) is 10.8. The van der Waals surface area contributed by atoms with Crippen molar-refractivity contribution in [2.24, 2.45) is 7.05 Å². The second-order valence-corrected chi connectivity index (χ2v) is 3.57. The number of rotatable bonds is 2. The van der Waals surface area contributed by atoms with E-state index in [0.717, 1.165) is 16.5 Å². The molecule has 4 heteroatoms. The molecule has 0 radical (unpaired) electrons. The predicted molar refractivity (Wildman–Crippen MR) is 58.2 cm³/mol. The Morgan fingerprint density at radius 1 is 1.53 bits per heavy atom. The maximum atomic E-state index is 10.8. The molecule has 1 aromatic heterocycles. The predicted octanol–water partition coefficient (Wildman–Crippen LogP) is 1.21. The van der Waals surface area contributed by atoms with Crippen molar-refractivity contribution in [3.8, 4) is 0 Å². The molecule has 1 amide bonds. The number of fused-ring (bicyclic) bond motifs is 1. The van der Waals surface area contributed by atoms with Gasteiger partial charge in [0.05, 0.1) is 11.7 Å². The summed E-state index contributed by atoms with van der Waals surface area (Å²) in [7, 11) is 1.91. The van der Waals surface area contributed by atoms with Gasteiger partial charge in [0.2, 0.25) is 5.91 Å². The highest BCUT2D eigenvalue weighted by Crippen LogP contribution is 2.14. The Morgan fingerprint density at radius 3 is 3.07 bits per heavy atom. The highest BCUT2D eigenvalue weighted by molar-refractivity contribution is 5.79. The molecule has 0 aliphatic heterocycles. The summed E-state index contributed by atoms with van der Waals surface area (Å²) >= 11 is 0. The summed E-state index contributed by atoms with van der Waals surface area (Å²) in [5, 5.41) is 8.03. The van der Waals surface area contributed by atoms with Gasteiger partial charge in [-0.25, -0.2) is 0 Å². The smallest absolute Gasteiger partial charge is 0.217 e. The fourth-order valence-corrected chi connectivity index (χ4v) is 1.55. The lowest BCUT2D eigenvalue weighted by Gasteiger charge is -2.02. The van der Waals surface area contributed by atoms with E-state index in [4.69, 9.17) is 0 Å². The minimum absolute atomic E-state index is 0.0127. The van der Waals surface area contributed by atoms with Crippen LogP contribution >= 0.6 is 0 Å². The molecule has 0 aliphatic rings. The number of amides is 1. The molecule has 1 N–H and O–H groups in total. The van der Waals surface area contributed by atoms with Gasteiger partial charge in [-0.2, -0.15) is 5.10 Å². The first-order valence-corrected chi connectivity index (χ1v) is 4.82. The summed E-state index contributed by atoms with van der Waals surface area (Å²) in [6.07, 6.45) is 1.83. The van der Waals surface area contributed by atoms with Crippen molar-refractivity contribution < 1.29 is 4.79 Å². The number of carbonyl (C=O) groups is 1. The van der Waals surface area contributed by atoms with Crippen molar-refractivity contribution in [3.63, 3.8) is 0 Å². The van der Waals surface area contributed by atoms with Gasteiger partial charge in [-0.1, -0.05) is 6.07 Å². The van der Waals surface area contributed by atoms with Crippen LogP contribution in [0.15, 0.2) is 24.4 Å². The van der Waals surface area contributed by atoms with Gasteiger partial charge < -0.3 is 5.32 Å². The Morgan fingerprint density at radius 2 is 2.33 bits per heavy atom. The molecule has 0 fully saturated rings. The Bertz CT molecular complexity index is 502. The van der Waals surface area contributed by atoms with Gasteiger partial charge in [0.1, 0.15) is 0 Å². The third-order valence-corrected chi connectivity index (χ3v) is 2.35. The minimum Gasteiger partial charge on any atom is -0.352 e. The number of carbonyl (C=O) groups excluding carboxylic acids is 1. The molecular weight excluding hydrogens is 190 g/mol.